The Morgan fingerprint density at radius 3 is 2.25 bits per heavy atom. The molecule has 0 radical (unpaired) electrons. The summed E-state index contributed by atoms with van der Waals surface area (Å²) in [6.07, 6.45) is -4.44. The molecule has 0 aromatic heterocycles. The van der Waals surface area contributed by atoms with E-state index in [4.69, 9.17) is 5.11 Å². The van der Waals surface area contributed by atoms with E-state index in [-0.39, 0.29) is 12.6 Å². The van der Waals surface area contributed by atoms with Crippen LogP contribution in [0.25, 0.3) is 0 Å². The zero-order valence-corrected chi connectivity index (χ0v) is 11.5. The van der Waals surface area contributed by atoms with Crippen molar-refractivity contribution < 1.29 is 27.9 Å². The van der Waals surface area contributed by atoms with Crippen LogP contribution in [0.4, 0.5) is 18.0 Å². The van der Waals surface area contributed by atoms with Gasteiger partial charge in [0.25, 0.3) is 0 Å². The first kappa shape index (κ1) is 16.5. The number of nitrogens with one attached hydrogen (secondary N) is 1. The summed E-state index contributed by atoms with van der Waals surface area (Å²) < 4.78 is 38.4. The van der Waals surface area contributed by atoms with Crippen LogP contribution in [0, 0.1) is 0 Å². The van der Waals surface area contributed by atoms with Gasteiger partial charge < -0.3 is 20.2 Å². The summed E-state index contributed by atoms with van der Waals surface area (Å²) in [5, 5.41) is 10.3. The van der Waals surface area contributed by atoms with Gasteiger partial charge in [-0.2, -0.15) is 13.2 Å². The summed E-state index contributed by atoms with van der Waals surface area (Å²) in [7, 11) is 3.62. The normalized spacial score (nSPS) is 22.8. The summed E-state index contributed by atoms with van der Waals surface area (Å²) in [5.41, 5.74) is -3.29. The van der Waals surface area contributed by atoms with E-state index in [0.29, 0.717) is 19.9 Å². The van der Waals surface area contributed by atoms with Crippen molar-refractivity contribution in [3.05, 3.63) is 0 Å². The van der Waals surface area contributed by atoms with Crippen molar-refractivity contribution in [2.45, 2.75) is 31.1 Å². The minimum Gasteiger partial charge on any atom is -0.479 e. The van der Waals surface area contributed by atoms with Crippen molar-refractivity contribution in [2.24, 2.45) is 0 Å². The van der Waals surface area contributed by atoms with Crippen LogP contribution in [-0.4, -0.2) is 71.8 Å². The highest BCUT2D eigenvalue weighted by atomic mass is 19.4. The topological polar surface area (TPSA) is 72.9 Å². The Morgan fingerprint density at radius 2 is 1.90 bits per heavy atom. The number of nitrogens with zero attached hydrogens (tertiary/aromatic N) is 2. The van der Waals surface area contributed by atoms with Gasteiger partial charge in [0, 0.05) is 19.1 Å². The SMILES string of the molecule is CN(C)C1CCN(C(=O)NC(C)(C(=O)O)C(F)(F)F)C1. The Kier molecular flexibility index (Phi) is 4.52. The molecule has 0 bridgehead atoms. The van der Waals surface area contributed by atoms with E-state index in [1.807, 2.05) is 19.0 Å². The third-order valence-electron chi connectivity index (χ3n) is 3.53. The van der Waals surface area contributed by atoms with Gasteiger partial charge in [0.1, 0.15) is 0 Å². The molecule has 0 aromatic rings. The molecule has 1 fully saturated rings. The van der Waals surface area contributed by atoms with Gasteiger partial charge in [-0.15, -0.1) is 0 Å². The predicted octanol–water partition coefficient (Wildman–Crippen LogP) is 0.737. The number of rotatable bonds is 3. The molecule has 0 aromatic carbocycles. The molecule has 9 heteroatoms. The number of hydrogen-bond acceptors (Lipinski definition) is 3. The summed E-state index contributed by atoms with van der Waals surface area (Å²) in [5.74, 6) is -2.14. The van der Waals surface area contributed by atoms with Crippen molar-refractivity contribution in [3.8, 4) is 0 Å². The van der Waals surface area contributed by atoms with Gasteiger partial charge in [0.2, 0.25) is 5.54 Å². The maximum atomic E-state index is 12.8. The molecule has 20 heavy (non-hydrogen) atoms. The Morgan fingerprint density at radius 1 is 1.35 bits per heavy atom. The molecular formula is C11H18F3N3O3. The number of hydrogen-bond donors (Lipinski definition) is 2. The van der Waals surface area contributed by atoms with E-state index in [1.165, 1.54) is 4.90 Å². The molecule has 1 aliphatic rings. The van der Waals surface area contributed by atoms with Gasteiger partial charge in [-0.3, -0.25) is 0 Å². The molecule has 2 N–H and O–H groups in total. The molecular weight excluding hydrogens is 279 g/mol. The summed E-state index contributed by atoms with van der Waals surface area (Å²) in [6.45, 7) is 1.00. The number of likely N-dealkylation sites (tertiary alicyclic amines) is 1. The zero-order valence-electron chi connectivity index (χ0n) is 11.5. The predicted molar refractivity (Wildman–Crippen MR) is 64.3 cm³/mol. The quantitative estimate of drug-likeness (QED) is 0.806. The Labute approximate surface area is 114 Å². The number of amides is 2. The molecule has 6 nitrogen and oxygen atoms in total. The second-order valence-corrected chi connectivity index (χ2v) is 5.21. The number of halogens is 3. The molecule has 2 amide bonds. The number of carboxylic acids is 1. The van der Waals surface area contributed by atoms with E-state index < -0.39 is 23.7 Å². The highest BCUT2D eigenvalue weighted by Crippen LogP contribution is 2.30. The number of aliphatic carboxylic acids is 1. The van der Waals surface area contributed by atoms with Gasteiger partial charge in [0.05, 0.1) is 0 Å². The molecule has 1 aliphatic heterocycles. The Balaban J connectivity index is 2.77. The van der Waals surface area contributed by atoms with Gasteiger partial charge in [0.15, 0.2) is 0 Å². The minimum atomic E-state index is -5.07. The Bertz CT molecular complexity index is 400. The lowest BCUT2D eigenvalue weighted by Gasteiger charge is -2.31. The minimum absolute atomic E-state index is 0.0581. The lowest BCUT2D eigenvalue weighted by Crippen LogP contribution is -2.63. The first-order chi connectivity index (χ1) is 8.99. The van der Waals surface area contributed by atoms with Crippen LogP contribution in [0.1, 0.15) is 13.3 Å². The molecule has 0 aliphatic carbocycles. The van der Waals surface area contributed by atoms with Crippen LogP contribution in [0.5, 0.6) is 0 Å². The van der Waals surface area contributed by atoms with Crippen molar-refractivity contribution in [3.63, 3.8) is 0 Å². The monoisotopic (exact) mass is 297 g/mol. The standard InChI is InChI=1S/C11H18F3N3O3/c1-10(8(18)19,11(12,13)14)15-9(20)17-5-4-7(6-17)16(2)3/h7H,4-6H2,1-3H3,(H,15,20)(H,18,19). The van der Waals surface area contributed by atoms with E-state index in [0.717, 1.165) is 0 Å². The van der Waals surface area contributed by atoms with Crippen LogP contribution in [0.2, 0.25) is 0 Å². The second kappa shape index (κ2) is 5.47. The number of urea groups is 1. The van der Waals surface area contributed by atoms with Crippen molar-refractivity contribution in [2.75, 3.05) is 27.2 Å². The molecule has 1 rings (SSSR count). The van der Waals surface area contributed by atoms with E-state index >= 15 is 0 Å². The number of carboxylic acid groups (broad SMARTS) is 1. The first-order valence-electron chi connectivity index (χ1n) is 6.02. The third-order valence-corrected chi connectivity index (χ3v) is 3.53. The fourth-order valence-corrected chi connectivity index (χ4v) is 1.89. The molecule has 0 saturated carbocycles. The van der Waals surface area contributed by atoms with Crippen LogP contribution < -0.4 is 5.32 Å². The summed E-state index contributed by atoms with van der Waals surface area (Å²) >= 11 is 0. The smallest absolute Gasteiger partial charge is 0.422 e. The van der Waals surface area contributed by atoms with E-state index in [1.54, 1.807) is 5.32 Å². The summed E-state index contributed by atoms with van der Waals surface area (Å²) in [6, 6.07) is -0.959. The van der Waals surface area contributed by atoms with Crippen molar-refractivity contribution in [1.82, 2.24) is 15.1 Å². The molecule has 2 atom stereocenters. The average Bonchev–Trinajstić information content (AvgIpc) is 2.76. The number of carbonyl (C=O) groups excluding carboxylic acids is 1. The van der Waals surface area contributed by atoms with Gasteiger partial charge in [-0.25, -0.2) is 9.59 Å². The van der Waals surface area contributed by atoms with E-state index in [9.17, 15) is 22.8 Å². The second-order valence-electron chi connectivity index (χ2n) is 5.21. The van der Waals surface area contributed by atoms with Crippen LogP contribution in [-0.2, 0) is 4.79 Å². The highest BCUT2D eigenvalue weighted by molar-refractivity contribution is 5.86. The maximum Gasteiger partial charge on any atom is 0.422 e. The molecule has 1 saturated heterocycles. The maximum absolute atomic E-state index is 12.8. The zero-order chi connectivity index (χ0) is 15.7. The molecule has 0 spiro atoms. The lowest BCUT2D eigenvalue weighted by molar-refractivity contribution is -0.203. The molecule has 116 valence electrons. The number of alkyl halides is 3. The third kappa shape index (κ3) is 3.14. The fraction of sp³-hybridized carbons (Fsp3) is 0.818. The fourth-order valence-electron chi connectivity index (χ4n) is 1.89. The molecule has 2 unspecified atom stereocenters. The lowest BCUT2D eigenvalue weighted by atomic mass is 10.0. The first-order valence-corrected chi connectivity index (χ1v) is 6.02. The van der Waals surface area contributed by atoms with Gasteiger partial charge >= 0.3 is 18.2 Å². The number of carbonyl (C=O) groups is 2. The summed E-state index contributed by atoms with van der Waals surface area (Å²) in [4.78, 5) is 25.7. The van der Waals surface area contributed by atoms with Crippen molar-refractivity contribution >= 4 is 12.0 Å². The van der Waals surface area contributed by atoms with Crippen molar-refractivity contribution in [1.29, 1.82) is 0 Å². The van der Waals surface area contributed by atoms with Crippen LogP contribution in [0.3, 0.4) is 0 Å². The van der Waals surface area contributed by atoms with Gasteiger partial charge in [-0.05, 0) is 27.4 Å². The number of likely N-dealkylation sites (N-methyl/N-ethyl adjacent to an activating group) is 1. The van der Waals surface area contributed by atoms with Crippen LogP contribution >= 0.6 is 0 Å². The highest BCUT2D eigenvalue weighted by Gasteiger charge is 2.59. The van der Waals surface area contributed by atoms with E-state index in [2.05, 4.69) is 0 Å². The van der Waals surface area contributed by atoms with Crippen LogP contribution in [0.15, 0.2) is 0 Å². The largest absolute Gasteiger partial charge is 0.479 e. The molecule has 1 heterocycles. The average molecular weight is 297 g/mol. The Hall–Kier alpha value is -1.51. The van der Waals surface area contributed by atoms with Gasteiger partial charge in [-0.1, -0.05) is 0 Å².